The van der Waals surface area contributed by atoms with Gasteiger partial charge in [0.05, 0.1) is 31.1 Å². The number of ether oxygens (including phenoxy) is 1. The van der Waals surface area contributed by atoms with Gasteiger partial charge >= 0.3 is 0 Å². The summed E-state index contributed by atoms with van der Waals surface area (Å²) in [6.07, 6.45) is 2.36. The molecule has 8 nitrogen and oxygen atoms in total. The molecule has 3 atom stereocenters. The van der Waals surface area contributed by atoms with Crippen molar-refractivity contribution < 1.29 is 27.0 Å². The first-order chi connectivity index (χ1) is 15.9. The van der Waals surface area contributed by atoms with Gasteiger partial charge in [0.15, 0.2) is 0 Å². The number of aliphatic hydroxyl groups excluding tert-OH is 1. The van der Waals surface area contributed by atoms with E-state index in [1.165, 1.54) is 30.3 Å². The molecule has 0 spiro atoms. The molecule has 1 aliphatic rings. The van der Waals surface area contributed by atoms with Crippen molar-refractivity contribution in [3.8, 4) is 11.3 Å². The summed E-state index contributed by atoms with van der Waals surface area (Å²) < 4.78 is 62.2. The molecule has 2 aromatic carbocycles. The summed E-state index contributed by atoms with van der Waals surface area (Å²) in [4.78, 5) is -0.438. The van der Waals surface area contributed by atoms with Crippen LogP contribution in [0.2, 0.25) is 0 Å². The molecule has 1 saturated heterocycles. The number of nitrogens with one attached hydrogen (secondary N) is 1. The topological polar surface area (TPSA) is 106 Å². The van der Waals surface area contributed by atoms with Gasteiger partial charge in [0.2, 0.25) is 10.0 Å². The van der Waals surface area contributed by atoms with Gasteiger partial charge in [-0.3, -0.25) is 4.68 Å². The molecule has 3 aromatic rings. The highest BCUT2D eigenvalue weighted by atomic mass is 32.2. The van der Waals surface area contributed by atoms with Crippen LogP contribution in [0.15, 0.2) is 59.6 Å². The van der Waals surface area contributed by atoms with Crippen LogP contribution in [0.25, 0.3) is 11.3 Å². The summed E-state index contributed by atoms with van der Waals surface area (Å²) in [5, 5.41) is 17.9. The van der Waals surface area contributed by atoms with E-state index in [4.69, 9.17) is 4.74 Å². The fourth-order valence-corrected chi connectivity index (χ4v) is 5.22. The van der Waals surface area contributed by atoms with Gasteiger partial charge in [-0.1, -0.05) is 17.3 Å². The molecule has 176 valence electrons. The summed E-state index contributed by atoms with van der Waals surface area (Å²) in [6.45, 7) is 0.127. The number of nitrogens with zero attached hydrogens (tertiary/aromatic N) is 3. The molecule has 0 bridgehead atoms. The lowest BCUT2D eigenvalue weighted by Gasteiger charge is -2.36. The van der Waals surface area contributed by atoms with Crippen molar-refractivity contribution in [2.24, 2.45) is 0 Å². The lowest BCUT2D eigenvalue weighted by molar-refractivity contribution is -0.0891. The molecule has 1 aromatic heterocycles. The standard InChI is InChI=1S/C22H24F2N4O4S/c23-16-7-5-15(6-8-16)20-13-28(27-25-20)12-11-17-9-10-19(21(14-29)32-17)26-33(30,31)22-4-2-1-3-18(22)24/h1-8,13,17,19,21,26,29H,9-12,14H2/t17-,19+,21+/m0/s1. The molecule has 0 unspecified atom stereocenters. The Bertz CT molecular complexity index is 1190. The number of benzene rings is 2. The quantitative estimate of drug-likeness (QED) is 0.515. The van der Waals surface area contributed by atoms with Gasteiger partial charge in [-0.2, -0.15) is 0 Å². The number of rotatable bonds is 8. The normalized spacial score (nSPS) is 21.2. The number of hydrogen-bond acceptors (Lipinski definition) is 6. The SMILES string of the molecule is O=S(=O)(N[C@@H]1CC[C@@H](CCn2cc(-c3ccc(F)cc3)nn2)O[C@@H]1CO)c1ccccc1F. The van der Waals surface area contributed by atoms with Crippen LogP contribution < -0.4 is 4.72 Å². The minimum atomic E-state index is -4.09. The maximum Gasteiger partial charge on any atom is 0.243 e. The summed E-state index contributed by atoms with van der Waals surface area (Å²) in [5.74, 6) is -1.17. The van der Waals surface area contributed by atoms with Crippen LogP contribution in [-0.2, 0) is 21.3 Å². The predicted molar refractivity (Wildman–Crippen MR) is 116 cm³/mol. The van der Waals surface area contributed by atoms with Crippen LogP contribution in [0.4, 0.5) is 8.78 Å². The van der Waals surface area contributed by atoms with E-state index < -0.39 is 32.9 Å². The van der Waals surface area contributed by atoms with Crippen LogP contribution in [0.1, 0.15) is 19.3 Å². The summed E-state index contributed by atoms with van der Waals surface area (Å²) in [7, 11) is -4.09. The molecule has 1 aliphatic heterocycles. The Kier molecular flexibility index (Phi) is 7.13. The summed E-state index contributed by atoms with van der Waals surface area (Å²) in [6, 6.07) is 10.4. The Morgan fingerprint density at radius 2 is 1.88 bits per heavy atom. The maximum absolute atomic E-state index is 13.9. The highest BCUT2D eigenvalue weighted by molar-refractivity contribution is 7.89. The molecule has 1 fully saturated rings. The fraction of sp³-hybridized carbons (Fsp3) is 0.364. The minimum absolute atomic E-state index is 0.213. The van der Waals surface area contributed by atoms with E-state index >= 15 is 0 Å². The van der Waals surface area contributed by atoms with Crippen LogP contribution in [0, 0.1) is 11.6 Å². The molecule has 33 heavy (non-hydrogen) atoms. The number of sulfonamides is 1. The number of aromatic nitrogens is 3. The van der Waals surface area contributed by atoms with Crippen molar-refractivity contribution in [1.29, 1.82) is 0 Å². The van der Waals surface area contributed by atoms with Crippen molar-refractivity contribution in [3.63, 3.8) is 0 Å². The van der Waals surface area contributed by atoms with E-state index in [1.807, 2.05) is 0 Å². The molecule has 0 amide bonds. The van der Waals surface area contributed by atoms with Crippen LogP contribution in [-0.4, -0.2) is 53.4 Å². The fourth-order valence-electron chi connectivity index (χ4n) is 3.84. The van der Waals surface area contributed by atoms with Crippen molar-refractivity contribution >= 4 is 10.0 Å². The third-order valence-corrected chi connectivity index (χ3v) is 7.11. The number of aryl methyl sites for hydroxylation is 1. The third-order valence-electron chi connectivity index (χ3n) is 5.59. The van der Waals surface area contributed by atoms with E-state index in [1.54, 1.807) is 23.0 Å². The van der Waals surface area contributed by atoms with Gasteiger partial charge in [0.1, 0.15) is 22.2 Å². The lowest BCUT2D eigenvalue weighted by atomic mass is 9.98. The molecule has 2 N–H and O–H groups in total. The Hall–Kier alpha value is -2.73. The smallest absolute Gasteiger partial charge is 0.243 e. The Morgan fingerprint density at radius 3 is 2.61 bits per heavy atom. The van der Waals surface area contributed by atoms with E-state index in [2.05, 4.69) is 15.0 Å². The third kappa shape index (κ3) is 5.61. The van der Waals surface area contributed by atoms with Gasteiger partial charge in [-0.15, -0.1) is 5.10 Å². The number of hydrogen-bond donors (Lipinski definition) is 2. The first-order valence-electron chi connectivity index (χ1n) is 10.5. The van der Waals surface area contributed by atoms with Gasteiger partial charge in [0, 0.05) is 12.1 Å². The van der Waals surface area contributed by atoms with Gasteiger partial charge in [-0.25, -0.2) is 21.9 Å². The van der Waals surface area contributed by atoms with Gasteiger partial charge in [-0.05, 0) is 55.7 Å². The summed E-state index contributed by atoms with van der Waals surface area (Å²) in [5.41, 5.74) is 1.37. The molecule has 11 heteroatoms. The average Bonchev–Trinajstić information content (AvgIpc) is 3.28. The summed E-state index contributed by atoms with van der Waals surface area (Å²) >= 11 is 0. The van der Waals surface area contributed by atoms with Crippen LogP contribution in [0.3, 0.4) is 0 Å². The van der Waals surface area contributed by atoms with Crippen molar-refractivity contribution in [1.82, 2.24) is 19.7 Å². The molecule has 0 saturated carbocycles. The molecule has 4 rings (SSSR count). The Labute approximate surface area is 190 Å². The zero-order valence-corrected chi connectivity index (χ0v) is 18.5. The highest BCUT2D eigenvalue weighted by Crippen LogP contribution is 2.25. The number of aliphatic hydroxyl groups is 1. The highest BCUT2D eigenvalue weighted by Gasteiger charge is 2.34. The number of halogens is 2. The molecular weight excluding hydrogens is 454 g/mol. The van der Waals surface area contributed by atoms with Gasteiger partial charge < -0.3 is 9.84 Å². The van der Waals surface area contributed by atoms with Gasteiger partial charge in [0.25, 0.3) is 0 Å². The monoisotopic (exact) mass is 478 g/mol. The van der Waals surface area contributed by atoms with Crippen molar-refractivity contribution in [3.05, 3.63) is 66.4 Å². The zero-order valence-electron chi connectivity index (χ0n) is 17.6. The average molecular weight is 479 g/mol. The first-order valence-corrected chi connectivity index (χ1v) is 12.0. The first kappa shape index (κ1) is 23.4. The second kappa shape index (κ2) is 10.0. The zero-order chi connectivity index (χ0) is 23.4. The molecule has 2 heterocycles. The largest absolute Gasteiger partial charge is 0.394 e. The molecular formula is C22H24F2N4O4S. The molecule has 0 radical (unpaired) electrons. The Morgan fingerprint density at radius 1 is 1.12 bits per heavy atom. The van der Waals surface area contributed by atoms with Crippen LogP contribution >= 0.6 is 0 Å². The predicted octanol–water partition coefficient (Wildman–Crippen LogP) is 2.50. The minimum Gasteiger partial charge on any atom is -0.394 e. The van der Waals surface area contributed by atoms with Crippen molar-refractivity contribution in [2.45, 2.75) is 49.0 Å². The van der Waals surface area contributed by atoms with Crippen LogP contribution in [0.5, 0.6) is 0 Å². The van der Waals surface area contributed by atoms with E-state index in [0.717, 1.165) is 11.6 Å². The van der Waals surface area contributed by atoms with E-state index in [0.29, 0.717) is 31.5 Å². The second-order valence-electron chi connectivity index (χ2n) is 7.88. The van der Waals surface area contributed by atoms with Crippen molar-refractivity contribution in [2.75, 3.05) is 6.61 Å². The van der Waals surface area contributed by atoms with E-state index in [-0.39, 0.29) is 18.5 Å². The molecule has 0 aliphatic carbocycles. The van der Waals surface area contributed by atoms with E-state index in [9.17, 15) is 22.3 Å². The maximum atomic E-state index is 13.9. The Balaban J connectivity index is 1.34. The lowest BCUT2D eigenvalue weighted by Crippen LogP contribution is -2.51. The second-order valence-corrected chi connectivity index (χ2v) is 9.56.